The van der Waals surface area contributed by atoms with Crippen molar-refractivity contribution in [2.75, 3.05) is 13.7 Å². The zero-order valence-electron chi connectivity index (χ0n) is 8.92. The molecule has 0 amide bonds. The standard InChI is InChI=1S/C11H14ClNO2/c1-8(14)9-6-10(4-3-5-15-2)13-11(12)7-9/h6-7H,3-5H2,1-2H3. The molecule has 3 nitrogen and oxygen atoms in total. The van der Waals surface area contributed by atoms with Crippen LogP contribution in [0.25, 0.3) is 0 Å². The molecule has 1 aromatic heterocycles. The van der Waals surface area contributed by atoms with E-state index in [4.69, 9.17) is 16.3 Å². The summed E-state index contributed by atoms with van der Waals surface area (Å²) in [7, 11) is 1.66. The minimum atomic E-state index is 0.00675. The number of Topliss-reactive ketones (excluding diaryl/α,β-unsaturated/α-hetero) is 1. The molecule has 0 aromatic carbocycles. The lowest BCUT2D eigenvalue weighted by molar-refractivity contribution is 0.101. The summed E-state index contributed by atoms with van der Waals surface area (Å²) < 4.78 is 4.94. The van der Waals surface area contributed by atoms with E-state index in [2.05, 4.69) is 4.98 Å². The molecule has 0 atom stereocenters. The maximum Gasteiger partial charge on any atom is 0.159 e. The second-order valence-corrected chi connectivity index (χ2v) is 3.71. The predicted octanol–water partition coefficient (Wildman–Crippen LogP) is 2.52. The molecule has 15 heavy (non-hydrogen) atoms. The number of hydrogen-bond acceptors (Lipinski definition) is 3. The molecule has 0 spiro atoms. The molecular formula is C11H14ClNO2. The molecule has 0 unspecified atom stereocenters. The summed E-state index contributed by atoms with van der Waals surface area (Å²) in [5.41, 5.74) is 1.45. The summed E-state index contributed by atoms with van der Waals surface area (Å²) >= 11 is 5.81. The Bertz CT molecular complexity index is 352. The first-order valence-electron chi connectivity index (χ1n) is 4.80. The van der Waals surface area contributed by atoms with Crippen LogP contribution in [-0.2, 0) is 11.2 Å². The van der Waals surface area contributed by atoms with Gasteiger partial charge < -0.3 is 4.74 Å². The van der Waals surface area contributed by atoms with E-state index in [-0.39, 0.29) is 5.78 Å². The van der Waals surface area contributed by atoms with Crippen molar-refractivity contribution in [1.29, 1.82) is 0 Å². The van der Waals surface area contributed by atoms with Gasteiger partial charge in [-0.15, -0.1) is 0 Å². The van der Waals surface area contributed by atoms with Crippen molar-refractivity contribution in [1.82, 2.24) is 4.98 Å². The van der Waals surface area contributed by atoms with E-state index in [9.17, 15) is 4.79 Å². The second-order valence-electron chi connectivity index (χ2n) is 3.32. The number of hydrogen-bond donors (Lipinski definition) is 0. The fourth-order valence-corrected chi connectivity index (χ4v) is 1.51. The molecule has 0 saturated heterocycles. The van der Waals surface area contributed by atoms with Crippen molar-refractivity contribution in [3.63, 3.8) is 0 Å². The van der Waals surface area contributed by atoms with Gasteiger partial charge in [0, 0.05) is 25.0 Å². The lowest BCUT2D eigenvalue weighted by atomic mass is 10.1. The maximum absolute atomic E-state index is 11.2. The fourth-order valence-electron chi connectivity index (χ4n) is 1.28. The van der Waals surface area contributed by atoms with E-state index < -0.39 is 0 Å². The van der Waals surface area contributed by atoms with Gasteiger partial charge in [-0.05, 0) is 31.9 Å². The van der Waals surface area contributed by atoms with E-state index in [0.717, 1.165) is 18.5 Å². The lowest BCUT2D eigenvalue weighted by Gasteiger charge is -2.03. The number of ether oxygens (including phenoxy) is 1. The van der Waals surface area contributed by atoms with Gasteiger partial charge in [0.25, 0.3) is 0 Å². The number of nitrogens with zero attached hydrogens (tertiary/aromatic N) is 1. The fraction of sp³-hybridized carbons (Fsp3) is 0.455. The number of ketones is 1. The first-order valence-corrected chi connectivity index (χ1v) is 5.17. The zero-order chi connectivity index (χ0) is 11.3. The van der Waals surface area contributed by atoms with E-state index >= 15 is 0 Å². The van der Waals surface area contributed by atoms with E-state index in [1.807, 2.05) is 0 Å². The molecule has 4 heteroatoms. The Labute approximate surface area is 94.4 Å². The molecule has 1 aromatic rings. The van der Waals surface area contributed by atoms with Gasteiger partial charge in [0.1, 0.15) is 5.15 Å². The predicted molar refractivity (Wildman–Crippen MR) is 59.4 cm³/mol. The van der Waals surface area contributed by atoms with Crippen molar-refractivity contribution >= 4 is 17.4 Å². The summed E-state index contributed by atoms with van der Waals surface area (Å²) in [6.07, 6.45) is 1.65. The molecule has 1 rings (SSSR count). The minimum absolute atomic E-state index is 0.00675. The van der Waals surface area contributed by atoms with E-state index in [0.29, 0.717) is 17.3 Å². The lowest BCUT2D eigenvalue weighted by Crippen LogP contribution is -2.00. The molecule has 82 valence electrons. The number of rotatable bonds is 5. The number of methoxy groups -OCH3 is 1. The highest BCUT2D eigenvalue weighted by Gasteiger charge is 2.04. The third kappa shape index (κ3) is 3.98. The monoisotopic (exact) mass is 227 g/mol. The van der Waals surface area contributed by atoms with Crippen LogP contribution in [0.3, 0.4) is 0 Å². The first-order chi connectivity index (χ1) is 7.13. The highest BCUT2D eigenvalue weighted by Crippen LogP contribution is 2.12. The van der Waals surface area contributed by atoms with Crippen LogP contribution in [0.15, 0.2) is 12.1 Å². The molecule has 0 aliphatic rings. The van der Waals surface area contributed by atoms with Gasteiger partial charge in [0.2, 0.25) is 0 Å². The van der Waals surface area contributed by atoms with Gasteiger partial charge in [-0.1, -0.05) is 11.6 Å². The van der Waals surface area contributed by atoms with Gasteiger partial charge in [-0.25, -0.2) is 4.98 Å². The number of aromatic nitrogens is 1. The Balaban J connectivity index is 2.75. The van der Waals surface area contributed by atoms with Crippen molar-refractivity contribution in [2.24, 2.45) is 0 Å². The number of pyridine rings is 1. The Kier molecular flexibility index (Phi) is 4.72. The third-order valence-electron chi connectivity index (χ3n) is 2.04. The smallest absolute Gasteiger partial charge is 0.159 e. The molecule has 0 N–H and O–H groups in total. The molecular weight excluding hydrogens is 214 g/mol. The van der Waals surface area contributed by atoms with E-state index in [1.54, 1.807) is 19.2 Å². The van der Waals surface area contributed by atoms with Crippen LogP contribution in [0.2, 0.25) is 5.15 Å². The number of halogens is 1. The summed E-state index contributed by atoms with van der Waals surface area (Å²) in [5.74, 6) is 0.00675. The van der Waals surface area contributed by atoms with Gasteiger partial charge in [0.15, 0.2) is 5.78 Å². The van der Waals surface area contributed by atoms with Crippen LogP contribution in [0.4, 0.5) is 0 Å². The largest absolute Gasteiger partial charge is 0.385 e. The average molecular weight is 228 g/mol. The van der Waals surface area contributed by atoms with Crippen LogP contribution in [0.1, 0.15) is 29.4 Å². The quantitative estimate of drug-likeness (QED) is 0.441. The number of aryl methyl sites for hydroxylation is 1. The average Bonchev–Trinajstić information content (AvgIpc) is 2.17. The molecule has 0 radical (unpaired) electrons. The summed E-state index contributed by atoms with van der Waals surface area (Å²) in [4.78, 5) is 15.3. The van der Waals surface area contributed by atoms with Crippen LogP contribution < -0.4 is 0 Å². The SMILES string of the molecule is COCCCc1cc(C(C)=O)cc(Cl)n1. The Morgan fingerprint density at radius 1 is 1.53 bits per heavy atom. The molecule has 0 aliphatic heterocycles. The Morgan fingerprint density at radius 3 is 2.87 bits per heavy atom. The first kappa shape index (κ1) is 12.1. The normalized spacial score (nSPS) is 10.3. The third-order valence-corrected chi connectivity index (χ3v) is 2.23. The highest BCUT2D eigenvalue weighted by molar-refractivity contribution is 6.29. The van der Waals surface area contributed by atoms with Gasteiger partial charge in [-0.2, -0.15) is 0 Å². The van der Waals surface area contributed by atoms with Crippen LogP contribution >= 0.6 is 11.6 Å². The Hall–Kier alpha value is -0.930. The Morgan fingerprint density at radius 2 is 2.27 bits per heavy atom. The van der Waals surface area contributed by atoms with E-state index in [1.165, 1.54) is 6.92 Å². The van der Waals surface area contributed by atoms with Gasteiger partial charge >= 0.3 is 0 Å². The number of carbonyl (C=O) groups excluding carboxylic acids is 1. The second kappa shape index (κ2) is 5.83. The van der Waals surface area contributed by atoms with Crippen LogP contribution in [0, 0.1) is 0 Å². The van der Waals surface area contributed by atoms with Crippen molar-refractivity contribution < 1.29 is 9.53 Å². The summed E-state index contributed by atoms with van der Waals surface area (Å²) in [6, 6.07) is 3.37. The topological polar surface area (TPSA) is 39.2 Å². The summed E-state index contributed by atoms with van der Waals surface area (Å²) in [6.45, 7) is 2.20. The number of carbonyl (C=O) groups is 1. The van der Waals surface area contributed by atoms with Crippen molar-refractivity contribution in [2.45, 2.75) is 19.8 Å². The molecule has 0 aliphatic carbocycles. The van der Waals surface area contributed by atoms with Crippen molar-refractivity contribution in [3.05, 3.63) is 28.5 Å². The molecule has 0 saturated carbocycles. The zero-order valence-corrected chi connectivity index (χ0v) is 9.67. The van der Waals surface area contributed by atoms with Gasteiger partial charge in [-0.3, -0.25) is 4.79 Å². The van der Waals surface area contributed by atoms with Gasteiger partial charge in [0.05, 0.1) is 0 Å². The van der Waals surface area contributed by atoms with Crippen LogP contribution in [0.5, 0.6) is 0 Å². The highest BCUT2D eigenvalue weighted by atomic mass is 35.5. The minimum Gasteiger partial charge on any atom is -0.385 e. The maximum atomic E-state index is 11.2. The molecule has 1 heterocycles. The summed E-state index contributed by atoms with van der Waals surface area (Å²) in [5, 5.41) is 0.370. The van der Waals surface area contributed by atoms with Crippen LogP contribution in [-0.4, -0.2) is 24.5 Å². The molecule has 0 bridgehead atoms. The van der Waals surface area contributed by atoms with Crippen molar-refractivity contribution in [3.8, 4) is 0 Å². The molecule has 0 fully saturated rings.